The molecule has 0 bridgehead atoms. The Balaban J connectivity index is 1.98. The van der Waals surface area contributed by atoms with Crippen molar-refractivity contribution in [2.75, 3.05) is 7.11 Å². The smallest absolute Gasteiger partial charge is 0.176 e. The number of fused-ring (bicyclic) bond motifs is 1. The number of carbonyl (C=O) groups is 2. The first kappa shape index (κ1) is 15.0. The third-order valence-electron chi connectivity index (χ3n) is 3.92. The molecule has 3 rings (SSSR count). The Morgan fingerprint density at radius 3 is 2.39 bits per heavy atom. The van der Waals surface area contributed by atoms with Crippen molar-refractivity contribution in [1.29, 1.82) is 0 Å². The van der Waals surface area contributed by atoms with Gasteiger partial charge < -0.3 is 9.72 Å². The van der Waals surface area contributed by atoms with Gasteiger partial charge in [-0.05, 0) is 35.9 Å². The highest BCUT2D eigenvalue weighted by Gasteiger charge is 2.18. The van der Waals surface area contributed by atoms with Crippen LogP contribution in [-0.2, 0) is 6.42 Å². The summed E-state index contributed by atoms with van der Waals surface area (Å²) in [6.45, 7) is 1.51. The average Bonchev–Trinajstić information content (AvgIpc) is 2.94. The molecule has 1 N–H and O–H groups in total. The van der Waals surface area contributed by atoms with E-state index in [9.17, 15) is 9.59 Å². The Bertz CT molecular complexity index is 875. The Hall–Kier alpha value is -2.88. The summed E-state index contributed by atoms with van der Waals surface area (Å²) in [5, 5.41) is 0.916. The summed E-state index contributed by atoms with van der Waals surface area (Å²) in [4.78, 5) is 27.6. The molecule has 1 aromatic heterocycles. The zero-order valence-electron chi connectivity index (χ0n) is 13.1. The molecule has 0 saturated heterocycles. The average molecular weight is 307 g/mol. The van der Waals surface area contributed by atoms with Crippen LogP contribution in [0.4, 0.5) is 0 Å². The van der Waals surface area contributed by atoms with E-state index in [0.29, 0.717) is 17.0 Å². The topological polar surface area (TPSA) is 59.2 Å². The van der Waals surface area contributed by atoms with Crippen LogP contribution in [-0.4, -0.2) is 23.7 Å². The zero-order chi connectivity index (χ0) is 16.4. The molecule has 4 heteroatoms. The predicted molar refractivity (Wildman–Crippen MR) is 89.3 cm³/mol. The third kappa shape index (κ3) is 2.88. The van der Waals surface area contributed by atoms with Gasteiger partial charge in [-0.1, -0.05) is 18.2 Å². The highest BCUT2D eigenvalue weighted by atomic mass is 16.5. The van der Waals surface area contributed by atoms with E-state index in [-0.39, 0.29) is 18.0 Å². The number of Topliss-reactive ketones (excluding diaryl/α,β-unsaturated/α-hetero) is 2. The zero-order valence-corrected chi connectivity index (χ0v) is 13.1. The highest BCUT2D eigenvalue weighted by molar-refractivity contribution is 6.06. The molecule has 1 heterocycles. The number of ketones is 2. The molecule has 0 saturated carbocycles. The Kier molecular flexibility index (Phi) is 3.98. The Morgan fingerprint density at radius 1 is 1.04 bits per heavy atom. The van der Waals surface area contributed by atoms with Gasteiger partial charge >= 0.3 is 0 Å². The number of hydrogen-bond acceptors (Lipinski definition) is 3. The standard InChI is InChI=1S/C19H17NO3/c1-12(21)19-16(15-5-3-4-6-17(15)20-19)11-18(22)13-7-9-14(23-2)10-8-13/h3-10,20H,11H2,1-2H3. The molecule has 4 nitrogen and oxygen atoms in total. The van der Waals surface area contributed by atoms with E-state index >= 15 is 0 Å². The van der Waals surface area contributed by atoms with Crippen LogP contribution < -0.4 is 4.74 Å². The van der Waals surface area contributed by atoms with Gasteiger partial charge in [0, 0.05) is 29.8 Å². The number of H-pyrrole nitrogens is 1. The van der Waals surface area contributed by atoms with Crippen molar-refractivity contribution in [2.45, 2.75) is 13.3 Å². The first-order valence-electron chi connectivity index (χ1n) is 7.38. The van der Waals surface area contributed by atoms with Crippen LogP contribution in [0.3, 0.4) is 0 Å². The lowest BCUT2D eigenvalue weighted by atomic mass is 9.99. The van der Waals surface area contributed by atoms with Crippen molar-refractivity contribution < 1.29 is 14.3 Å². The number of aromatic amines is 1. The minimum atomic E-state index is -0.0706. The molecule has 0 aliphatic carbocycles. The number of ether oxygens (including phenoxy) is 1. The second-order valence-corrected chi connectivity index (χ2v) is 5.41. The van der Waals surface area contributed by atoms with E-state index in [1.54, 1.807) is 31.4 Å². The number of para-hydroxylation sites is 1. The predicted octanol–water partition coefficient (Wildman–Crippen LogP) is 3.80. The van der Waals surface area contributed by atoms with Gasteiger partial charge in [0.1, 0.15) is 5.75 Å². The number of rotatable bonds is 5. The van der Waals surface area contributed by atoms with Crippen molar-refractivity contribution in [1.82, 2.24) is 4.98 Å². The fourth-order valence-corrected chi connectivity index (χ4v) is 2.72. The molecule has 0 atom stereocenters. The van der Waals surface area contributed by atoms with Gasteiger partial charge in [-0.2, -0.15) is 0 Å². The van der Waals surface area contributed by atoms with E-state index in [2.05, 4.69) is 4.98 Å². The molecule has 0 aliphatic heterocycles. The second-order valence-electron chi connectivity index (χ2n) is 5.41. The third-order valence-corrected chi connectivity index (χ3v) is 3.92. The maximum atomic E-state index is 12.6. The molecule has 23 heavy (non-hydrogen) atoms. The van der Waals surface area contributed by atoms with E-state index in [0.717, 1.165) is 16.5 Å². The van der Waals surface area contributed by atoms with Crippen molar-refractivity contribution in [3.63, 3.8) is 0 Å². The lowest BCUT2D eigenvalue weighted by Gasteiger charge is -2.04. The fourth-order valence-electron chi connectivity index (χ4n) is 2.72. The van der Waals surface area contributed by atoms with Gasteiger partial charge in [-0.3, -0.25) is 9.59 Å². The lowest BCUT2D eigenvalue weighted by Crippen LogP contribution is -2.07. The highest BCUT2D eigenvalue weighted by Crippen LogP contribution is 2.25. The van der Waals surface area contributed by atoms with Crippen LogP contribution in [0, 0.1) is 0 Å². The Labute approximate surface area is 134 Å². The monoisotopic (exact) mass is 307 g/mol. The fraction of sp³-hybridized carbons (Fsp3) is 0.158. The van der Waals surface area contributed by atoms with E-state index in [4.69, 9.17) is 4.74 Å². The first-order chi connectivity index (χ1) is 11.1. The first-order valence-corrected chi connectivity index (χ1v) is 7.38. The van der Waals surface area contributed by atoms with Crippen molar-refractivity contribution in [2.24, 2.45) is 0 Å². The van der Waals surface area contributed by atoms with Gasteiger partial charge in [-0.15, -0.1) is 0 Å². The van der Waals surface area contributed by atoms with Gasteiger partial charge in [0.25, 0.3) is 0 Å². The maximum absolute atomic E-state index is 12.6. The number of nitrogens with one attached hydrogen (secondary N) is 1. The van der Waals surface area contributed by atoms with Gasteiger partial charge in [0.15, 0.2) is 11.6 Å². The number of hydrogen-bond donors (Lipinski definition) is 1. The number of benzene rings is 2. The molecule has 3 aromatic rings. The molecule has 2 aromatic carbocycles. The molecule has 0 aliphatic rings. The van der Waals surface area contributed by atoms with Gasteiger partial charge in [0.2, 0.25) is 0 Å². The molecule has 0 amide bonds. The van der Waals surface area contributed by atoms with Crippen LogP contribution in [0.5, 0.6) is 5.75 Å². The van der Waals surface area contributed by atoms with E-state index in [1.165, 1.54) is 6.92 Å². The number of carbonyl (C=O) groups excluding carboxylic acids is 2. The summed E-state index contributed by atoms with van der Waals surface area (Å²) in [7, 11) is 1.59. The molecule has 0 fully saturated rings. The van der Waals surface area contributed by atoms with Crippen LogP contribution in [0.1, 0.15) is 33.3 Å². The molecular formula is C19H17NO3. The van der Waals surface area contributed by atoms with Crippen LogP contribution in [0.15, 0.2) is 48.5 Å². The summed E-state index contributed by atoms with van der Waals surface area (Å²) in [5.74, 6) is 0.608. The maximum Gasteiger partial charge on any atom is 0.176 e. The number of methoxy groups -OCH3 is 1. The largest absolute Gasteiger partial charge is 0.497 e. The van der Waals surface area contributed by atoms with Gasteiger partial charge in [-0.25, -0.2) is 0 Å². The van der Waals surface area contributed by atoms with Crippen LogP contribution in [0.25, 0.3) is 10.9 Å². The minimum absolute atomic E-state index is 0.0279. The molecular weight excluding hydrogens is 290 g/mol. The number of aromatic nitrogens is 1. The Morgan fingerprint density at radius 2 is 1.74 bits per heavy atom. The van der Waals surface area contributed by atoms with Crippen molar-refractivity contribution >= 4 is 22.5 Å². The van der Waals surface area contributed by atoms with E-state index in [1.807, 2.05) is 24.3 Å². The van der Waals surface area contributed by atoms with Gasteiger partial charge in [0.05, 0.1) is 12.8 Å². The minimum Gasteiger partial charge on any atom is -0.497 e. The molecule has 116 valence electrons. The summed E-state index contributed by atoms with van der Waals surface area (Å²) < 4.78 is 5.10. The van der Waals surface area contributed by atoms with Crippen molar-refractivity contribution in [3.05, 3.63) is 65.4 Å². The van der Waals surface area contributed by atoms with Crippen LogP contribution in [0.2, 0.25) is 0 Å². The normalized spacial score (nSPS) is 10.7. The summed E-state index contributed by atoms with van der Waals surface area (Å²) >= 11 is 0. The van der Waals surface area contributed by atoms with Crippen LogP contribution >= 0.6 is 0 Å². The molecule has 0 spiro atoms. The summed E-state index contributed by atoms with van der Waals surface area (Å²) in [5.41, 5.74) is 2.74. The van der Waals surface area contributed by atoms with E-state index < -0.39 is 0 Å². The summed E-state index contributed by atoms with van der Waals surface area (Å²) in [6, 6.07) is 14.6. The molecule has 0 unspecified atom stereocenters. The lowest BCUT2D eigenvalue weighted by molar-refractivity contribution is 0.0992. The van der Waals surface area contributed by atoms with Crippen molar-refractivity contribution in [3.8, 4) is 5.75 Å². The summed E-state index contributed by atoms with van der Waals surface area (Å²) in [6.07, 6.45) is 0.186. The quantitative estimate of drug-likeness (QED) is 0.729. The molecule has 0 radical (unpaired) electrons. The SMILES string of the molecule is COc1ccc(C(=O)Cc2c(C(C)=O)[nH]c3ccccc23)cc1. The second kappa shape index (κ2) is 6.08.